The monoisotopic (exact) mass is 437 g/mol. The second-order valence-electron chi connectivity index (χ2n) is 7.51. The molecule has 1 aromatic heterocycles. The fourth-order valence-electron chi connectivity index (χ4n) is 3.78. The minimum absolute atomic E-state index is 0.188. The minimum atomic E-state index is 0.188. The lowest BCUT2D eigenvalue weighted by atomic mass is 9.96. The Labute approximate surface area is 186 Å². The third kappa shape index (κ3) is 4.82. The van der Waals surface area contributed by atoms with Gasteiger partial charge in [0.25, 0.3) is 0 Å². The van der Waals surface area contributed by atoms with Crippen molar-refractivity contribution in [2.45, 2.75) is 38.1 Å². The van der Waals surface area contributed by atoms with E-state index >= 15 is 0 Å². The van der Waals surface area contributed by atoms with E-state index in [1.807, 2.05) is 40.4 Å². The highest BCUT2D eigenvalue weighted by Gasteiger charge is 2.16. The number of nitrogens with zero attached hydrogens (tertiary/aromatic N) is 3. The number of para-hydroxylation sites is 1. The van der Waals surface area contributed by atoms with E-state index in [0.29, 0.717) is 11.6 Å². The maximum atomic E-state index is 10.1. The molecule has 1 aliphatic carbocycles. The standard InChI is InChI=1S/C24H27N3O3S/c1-29-19-12-13-23(30-2)20(14-19)21-16-31-24(26-18-9-4-3-5-10-18)27(21)25-15-17-8-6-7-11-22(17)28/h6-8,11-16,18,28H,3-5,9-10H2,1-2H3. The van der Waals surface area contributed by atoms with Crippen molar-refractivity contribution in [2.75, 3.05) is 14.2 Å². The molecule has 0 saturated heterocycles. The van der Waals surface area contributed by atoms with Crippen LogP contribution in [0, 0.1) is 0 Å². The molecule has 1 N–H and O–H groups in total. The van der Waals surface area contributed by atoms with Crippen molar-refractivity contribution in [3.8, 4) is 28.5 Å². The molecule has 6 nitrogen and oxygen atoms in total. The molecule has 0 amide bonds. The Hall–Kier alpha value is -3.06. The topological polar surface area (TPSA) is 68.3 Å². The molecule has 1 saturated carbocycles. The van der Waals surface area contributed by atoms with Crippen molar-refractivity contribution in [3.63, 3.8) is 0 Å². The summed E-state index contributed by atoms with van der Waals surface area (Å²) in [6.45, 7) is 0. The predicted octanol–water partition coefficient (Wildman–Crippen LogP) is 5.06. The van der Waals surface area contributed by atoms with Crippen LogP contribution in [0.5, 0.6) is 17.2 Å². The largest absolute Gasteiger partial charge is 0.507 e. The third-order valence-electron chi connectivity index (χ3n) is 5.48. The van der Waals surface area contributed by atoms with Crippen molar-refractivity contribution in [1.82, 2.24) is 4.68 Å². The maximum absolute atomic E-state index is 10.1. The van der Waals surface area contributed by atoms with Gasteiger partial charge in [-0.05, 0) is 43.2 Å². The number of hydrogen-bond acceptors (Lipinski definition) is 6. The van der Waals surface area contributed by atoms with Gasteiger partial charge in [-0.15, -0.1) is 11.3 Å². The minimum Gasteiger partial charge on any atom is -0.507 e. The van der Waals surface area contributed by atoms with Crippen molar-refractivity contribution in [1.29, 1.82) is 0 Å². The van der Waals surface area contributed by atoms with Gasteiger partial charge < -0.3 is 14.6 Å². The zero-order chi connectivity index (χ0) is 21.6. The number of benzene rings is 2. The van der Waals surface area contributed by atoms with Gasteiger partial charge in [0.15, 0.2) is 0 Å². The first-order chi connectivity index (χ1) is 15.2. The summed E-state index contributed by atoms with van der Waals surface area (Å²) < 4.78 is 12.9. The van der Waals surface area contributed by atoms with Crippen LogP contribution in [0.4, 0.5) is 0 Å². The van der Waals surface area contributed by atoms with Gasteiger partial charge in [0.2, 0.25) is 4.80 Å². The summed E-state index contributed by atoms with van der Waals surface area (Å²) in [5.41, 5.74) is 2.38. The fourth-order valence-corrected chi connectivity index (χ4v) is 4.68. The van der Waals surface area contributed by atoms with E-state index in [9.17, 15) is 5.11 Å². The van der Waals surface area contributed by atoms with Crippen LogP contribution in [-0.4, -0.2) is 36.3 Å². The van der Waals surface area contributed by atoms with Crippen LogP contribution in [0.15, 0.2) is 57.9 Å². The number of phenolic OH excluding ortho intramolecular Hbond substituents is 1. The number of methoxy groups -OCH3 is 2. The quantitative estimate of drug-likeness (QED) is 0.549. The van der Waals surface area contributed by atoms with Gasteiger partial charge in [0.1, 0.15) is 17.2 Å². The molecule has 31 heavy (non-hydrogen) atoms. The summed E-state index contributed by atoms with van der Waals surface area (Å²) in [6, 6.07) is 13.2. The highest BCUT2D eigenvalue weighted by atomic mass is 32.1. The van der Waals surface area contributed by atoms with Crippen LogP contribution < -0.4 is 14.3 Å². The molecule has 1 aliphatic rings. The third-order valence-corrected chi connectivity index (χ3v) is 6.31. The fraction of sp³-hybridized carbons (Fsp3) is 0.333. The second kappa shape index (κ2) is 9.83. The van der Waals surface area contributed by atoms with Gasteiger partial charge in [-0.1, -0.05) is 31.4 Å². The van der Waals surface area contributed by atoms with Crippen molar-refractivity contribution in [3.05, 3.63) is 58.2 Å². The van der Waals surface area contributed by atoms with Crippen LogP contribution in [0.25, 0.3) is 11.3 Å². The summed E-state index contributed by atoms with van der Waals surface area (Å²) in [6.07, 6.45) is 7.61. The van der Waals surface area contributed by atoms with Gasteiger partial charge in [0, 0.05) is 16.5 Å². The summed E-state index contributed by atoms with van der Waals surface area (Å²) in [4.78, 5) is 5.86. The Balaban J connectivity index is 1.84. The molecule has 4 rings (SSSR count). The van der Waals surface area contributed by atoms with Crippen LogP contribution in [0.1, 0.15) is 37.7 Å². The lowest BCUT2D eigenvalue weighted by molar-refractivity contribution is 0.404. The molecule has 1 heterocycles. The first kappa shape index (κ1) is 21.2. The summed E-state index contributed by atoms with van der Waals surface area (Å²) in [7, 11) is 3.30. The van der Waals surface area contributed by atoms with Crippen LogP contribution >= 0.6 is 11.3 Å². The van der Waals surface area contributed by atoms with Crippen LogP contribution in [0.2, 0.25) is 0 Å². The Morgan fingerprint density at radius 3 is 2.61 bits per heavy atom. The van der Waals surface area contributed by atoms with Crippen LogP contribution in [0.3, 0.4) is 0 Å². The van der Waals surface area contributed by atoms with Gasteiger partial charge in [-0.2, -0.15) is 5.10 Å². The molecule has 0 bridgehead atoms. The predicted molar refractivity (Wildman–Crippen MR) is 124 cm³/mol. The first-order valence-electron chi connectivity index (χ1n) is 10.5. The van der Waals surface area contributed by atoms with Gasteiger partial charge in [-0.3, -0.25) is 4.99 Å². The summed E-state index contributed by atoms with van der Waals surface area (Å²) in [5.74, 6) is 1.66. The molecule has 0 unspecified atom stereocenters. The summed E-state index contributed by atoms with van der Waals surface area (Å²) in [5, 5.41) is 16.9. The Morgan fingerprint density at radius 2 is 1.87 bits per heavy atom. The lowest BCUT2D eigenvalue weighted by Crippen LogP contribution is -2.19. The average Bonchev–Trinajstić information content (AvgIpc) is 3.20. The van der Waals surface area contributed by atoms with Crippen molar-refractivity contribution < 1.29 is 14.6 Å². The normalized spacial score (nSPS) is 15.5. The molecule has 7 heteroatoms. The van der Waals surface area contributed by atoms with Crippen molar-refractivity contribution >= 4 is 17.6 Å². The second-order valence-corrected chi connectivity index (χ2v) is 8.34. The van der Waals surface area contributed by atoms with E-state index in [1.54, 1.807) is 43.9 Å². The van der Waals surface area contributed by atoms with E-state index < -0.39 is 0 Å². The van der Waals surface area contributed by atoms with Gasteiger partial charge in [-0.25, -0.2) is 4.68 Å². The SMILES string of the molecule is COc1ccc(OC)c(-c2csc(=NC3CCCCC3)n2N=Cc2ccccc2O)c1. The number of aromatic hydroxyl groups is 1. The molecule has 3 aromatic rings. The zero-order valence-corrected chi connectivity index (χ0v) is 18.6. The van der Waals surface area contributed by atoms with E-state index in [1.165, 1.54) is 19.3 Å². The Bertz CT molecular complexity index is 1130. The van der Waals surface area contributed by atoms with E-state index in [2.05, 4.69) is 0 Å². The molecule has 162 valence electrons. The summed E-state index contributed by atoms with van der Waals surface area (Å²) >= 11 is 1.56. The number of phenols is 1. The number of thiazole rings is 1. The van der Waals surface area contributed by atoms with E-state index in [-0.39, 0.29) is 5.75 Å². The molecular weight excluding hydrogens is 410 g/mol. The lowest BCUT2D eigenvalue weighted by Gasteiger charge is -2.17. The van der Waals surface area contributed by atoms with E-state index in [4.69, 9.17) is 19.6 Å². The first-order valence-corrected chi connectivity index (χ1v) is 11.4. The highest BCUT2D eigenvalue weighted by Crippen LogP contribution is 2.34. The Morgan fingerprint density at radius 1 is 1.06 bits per heavy atom. The zero-order valence-electron chi connectivity index (χ0n) is 17.8. The van der Waals surface area contributed by atoms with Crippen molar-refractivity contribution in [2.24, 2.45) is 10.1 Å². The van der Waals surface area contributed by atoms with Gasteiger partial charge >= 0.3 is 0 Å². The molecular formula is C24H27N3O3S. The number of aromatic nitrogens is 1. The molecule has 0 atom stereocenters. The molecule has 1 fully saturated rings. The molecule has 0 spiro atoms. The molecule has 0 radical (unpaired) electrons. The Kier molecular flexibility index (Phi) is 6.72. The smallest absolute Gasteiger partial charge is 0.206 e. The number of hydrogen-bond donors (Lipinski definition) is 1. The molecule has 2 aromatic carbocycles. The molecule has 0 aliphatic heterocycles. The highest BCUT2D eigenvalue weighted by molar-refractivity contribution is 7.07. The average molecular weight is 438 g/mol. The van der Waals surface area contributed by atoms with Gasteiger partial charge in [0.05, 0.1) is 32.2 Å². The van der Waals surface area contributed by atoms with E-state index in [0.717, 1.165) is 40.4 Å². The number of rotatable bonds is 6. The number of ether oxygens (including phenoxy) is 2. The maximum Gasteiger partial charge on any atom is 0.206 e. The van der Waals surface area contributed by atoms with Crippen LogP contribution in [-0.2, 0) is 0 Å².